The zero-order valence-corrected chi connectivity index (χ0v) is 15.5. The van der Waals surface area contributed by atoms with Gasteiger partial charge in [-0.05, 0) is 32.6 Å². The molecule has 0 spiro atoms. The van der Waals surface area contributed by atoms with Gasteiger partial charge in [0.1, 0.15) is 5.76 Å². The van der Waals surface area contributed by atoms with Gasteiger partial charge >= 0.3 is 0 Å². The average molecular weight is 373 g/mol. The minimum absolute atomic E-state index is 0.0162. The van der Waals surface area contributed by atoms with Crippen molar-refractivity contribution in [3.63, 3.8) is 0 Å². The van der Waals surface area contributed by atoms with Gasteiger partial charge in [0.2, 0.25) is 0 Å². The first-order chi connectivity index (χ1) is 11.9. The van der Waals surface area contributed by atoms with Gasteiger partial charge in [0, 0.05) is 37.7 Å². The fourth-order valence-corrected chi connectivity index (χ4v) is 4.93. The lowest BCUT2D eigenvalue weighted by Gasteiger charge is -2.49. The quantitative estimate of drug-likeness (QED) is 0.673. The van der Waals surface area contributed by atoms with E-state index in [1.165, 1.54) is 0 Å². The van der Waals surface area contributed by atoms with Crippen LogP contribution in [-0.4, -0.2) is 62.6 Å². The number of piperidine rings is 1. The summed E-state index contributed by atoms with van der Waals surface area (Å²) in [7, 11) is -1.29. The first-order valence-corrected chi connectivity index (χ1v) is 10.4. The maximum absolute atomic E-state index is 12.3. The molecule has 25 heavy (non-hydrogen) atoms. The van der Waals surface area contributed by atoms with Crippen molar-refractivity contribution in [2.45, 2.75) is 50.6 Å². The number of ether oxygens (including phenoxy) is 1. The molecule has 8 nitrogen and oxygen atoms in total. The Balaban J connectivity index is 1.52. The Hall–Kier alpha value is -1.13. The van der Waals surface area contributed by atoms with E-state index in [2.05, 4.69) is 10.5 Å². The van der Waals surface area contributed by atoms with Crippen LogP contribution >= 0.6 is 10.8 Å². The smallest absolute Gasteiger partial charge is 0.273 e. The Morgan fingerprint density at radius 3 is 2.88 bits per heavy atom. The molecule has 142 valence electrons. The van der Waals surface area contributed by atoms with Crippen LogP contribution in [0.5, 0.6) is 0 Å². The van der Waals surface area contributed by atoms with E-state index in [0.717, 1.165) is 18.6 Å². The van der Waals surface area contributed by atoms with Crippen molar-refractivity contribution in [3.05, 3.63) is 17.5 Å². The molecule has 1 aromatic heterocycles. The van der Waals surface area contributed by atoms with Crippen LogP contribution in [0, 0.1) is 0 Å². The van der Waals surface area contributed by atoms with Gasteiger partial charge in [-0.25, -0.2) is 4.31 Å². The minimum atomic E-state index is -2.83. The van der Waals surface area contributed by atoms with Crippen LogP contribution in [0.3, 0.4) is 0 Å². The number of rotatable bonds is 7. The molecule has 1 aliphatic carbocycles. The van der Waals surface area contributed by atoms with Crippen LogP contribution < -0.4 is 5.32 Å². The lowest BCUT2D eigenvalue weighted by atomic mass is 10.0. The van der Waals surface area contributed by atoms with Gasteiger partial charge in [-0.2, -0.15) is 0 Å². The molecule has 1 saturated heterocycles. The molecule has 2 fully saturated rings. The van der Waals surface area contributed by atoms with Gasteiger partial charge in [0.15, 0.2) is 5.69 Å². The maximum atomic E-state index is 12.3. The molecule has 9 heteroatoms. The van der Waals surface area contributed by atoms with Crippen LogP contribution in [-0.2, 0) is 4.74 Å². The van der Waals surface area contributed by atoms with E-state index >= 15 is 0 Å². The summed E-state index contributed by atoms with van der Waals surface area (Å²) in [4.78, 5) is 12.3. The third kappa shape index (κ3) is 4.53. The molecule has 1 aromatic rings. The molecule has 3 N–H and O–H groups in total. The van der Waals surface area contributed by atoms with Crippen LogP contribution in [0.4, 0.5) is 0 Å². The van der Waals surface area contributed by atoms with Crippen molar-refractivity contribution in [3.8, 4) is 0 Å². The molecule has 2 aliphatic rings. The maximum Gasteiger partial charge on any atom is 0.273 e. The van der Waals surface area contributed by atoms with Crippen molar-refractivity contribution in [1.82, 2.24) is 14.8 Å². The van der Waals surface area contributed by atoms with Crippen molar-refractivity contribution < 1.29 is 23.2 Å². The standard InChI is InChI=1S/C16H27N3O5S/c1-11-9-13(5-6-19(11)25(21,22)8-7-23-2)17-16(20)14-10-15(24-18-14)12-3-4-12/h10-13,21-22H,3-9H2,1-2H3,(H,17,20)/t11-,13-/m0/s1. The third-order valence-corrected chi connectivity index (χ3v) is 6.84. The molecule has 0 aromatic carbocycles. The molecule has 2 atom stereocenters. The largest absolute Gasteiger partial charge is 0.383 e. The molecule has 3 rings (SSSR count). The van der Waals surface area contributed by atoms with E-state index in [-0.39, 0.29) is 23.7 Å². The second-order valence-corrected chi connectivity index (χ2v) is 9.04. The summed E-state index contributed by atoms with van der Waals surface area (Å²) in [6.45, 7) is 2.77. The van der Waals surface area contributed by atoms with Gasteiger partial charge in [-0.1, -0.05) is 5.16 Å². The van der Waals surface area contributed by atoms with Gasteiger partial charge in [-0.3, -0.25) is 13.9 Å². The zero-order chi connectivity index (χ0) is 18.0. The molecule has 0 bridgehead atoms. The highest BCUT2D eigenvalue weighted by molar-refractivity contribution is 8.22. The number of methoxy groups -OCH3 is 1. The number of hydrogen-bond donors (Lipinski definition) is 3. The highest BCUT2D eigenvalue weighted by Gasteiger charge is 2.34. The summed E-state index contributed by atoms with van der Waals surface area (Å²) in [6.07, 6.45) is 3.51. The molecule has 1 aliphatic heterocycles. The molecular formula is C16H27N3O5S. The van der Waals surface area contributed by atoms with Crippen molar-refractivity contribution in [2.75, 3.05) is 26.0 Å². The normalized spacial score (nSPS) is 25.8. The van der Waals surface area contributed by atoms with E-state index in [1.807, 2.05) is 6.92 Å². The van der Waals surface area contributed by atoms with Crippen molar-refractivity contribution in [2.24, 2.45) is 0 Å². The number of amides is 1. The Morgan fingerprint density at radius 1 is 1.48 bits per heavy atom. The Morgan fingerprint density at radius 2 is 2.24 bits per heavy atom. The van der Waals surface area contributed by atoms with Crippen LogP contribution in [0.2, 0.25) is 0 Å². The molecule has 1 saturated carbocycles. The summed E-state index contributed by atoms with van der Waals surface area (Å²) in [5.74, 6) is 1.19. The van der Waals surface area contributed by atoms with Crippen LogP contribution in [0.15, 0.2) is 10.6 Å². The Labute approximate surface area is 149 Å². The lowest BCUT2D eigenvalue weighted by molar-refractivity contribution is 0.0902. The van der Waals surface area contributed by atoms with Crippen LogP contribution in [0.25, 0.3) is 0 Å². The topological polar surface area (TPSA) is 108 Å². The lowest BCUT2D eigenvalue weighted by Crippen LogP contribution is -2.50. The van der Waals surface area contributed by atoms with E-state index in [4.69, 9.17) is 9.26 Å². The molecule has 0 unspecified atom stereocenters. The first kappa shape index (κ1) is 18.7. The van der Waals surface area contributed by atoms with E-state index < -0.39 is 10.8 Å². The molecule has 0 radical (unpaired) electrons. The minimum Gasteiger partial charge on any atom is -0.383 e. The Bertz CT molecular complexity index is 604. The monoisotopic (exact) mass is 373 g/mol. The van der Waals surface area contributed by atoms with Crippen molar-refractivity contribution >= 4 is 16.7 Å². The second kappa shape index (κ2) is 7.63. The highest BCUT2D eigenvalue weighted by Crippen LogP contribution is 2.46. The number of carbonyl (C=O) groups is 1. The number of aromatic nitrogens is 1. The van der Waals surface area contributed by atoms with E-state index in [9.17, 15) is 13.9 Å². The number of hydrogen-bond acceptors (Lipinski definition) is 7. The summed E-state index contributed by atoms with van der Waals surface area (Å²) < 4.78 is 32.6. The summed E-state index contributed by atoms with van der Waals surface area (Å²) in [5, 5.41) is 6.85. The summed E-state index contributed by atoms with van der Waals surface area (Å²) in [6, 6.07) is 1.67. The molecule has 1 amide bonds. The second-order valence-electron chi connectivity index (χ2n) is 6.90. The summed E-state index contributed by atoms with van der Waals surface area (Å²) in [5.41, 5.74) is 0.321. The van der Waals surface area contributed by atoms with Gasteiger partial charge in [-0.15, -0.1) is 10.8 Å². The number of nitrogens with one attached hydrogen (secondary N) is 1. The zero-order valence-electron chi connectivity index (χ0n) is 14.7. The SMILES string of the molecule is COCCS(O)(O)N1CC[C@H](NC(=O)c2cc(C3CC3)on2)C[C@@H]1C. The first-order valence-electron chi connectivity index (χ1n) is 8.70. The van der Waals surface area contributed by atoms with Crippen LogP contribution in [0.1, 0.15) is 54.8 Å². The highest BCUT2D eigenvalue weighted by atomic mass is 32.3. The molecular weight excluding hydrogens is 346 g/mol. The number of carbonyl (C=O) groups excluding carboxylic acids is 1. The summed E-state index contributed by atoms with van der Waals surface area (Å²) >= 11 is 0. The van der Waals surface area contributed by atoms with Gasteiger partial charge in [0.05, 0.1) is 12.4 Å². The third-order valence-electron chi connectivity index (χ3n) is 4.83. The van der Waals surface area contributed by atoms with Gasteiger partial charge in [0.25, 0.3) is 5.91 Å². The number of nitrogens with zero attached hydrogens (tertiary/aromatic N) is 2. The predicted octanol–water partition coefficient (Wildman–Crippen LogP) is 2.45. The molecule has 2 heterocycles. The Kier molecular flexibility index (Phi) is 5.69. The van der Waals surface area contributed by atoms with Gasteiger partial charge < -0.3 is 14.6 Å². The average Bonchev–Trinajstić information content (AvgIpc) is 3.29. The van der Waals surface area contributed by atoms with E-state index in [1.54, 1.807) is 17.5 Å². The predicted molar refractivity (Wildman–Crippen MR) is 94.7 cm³/mol. The van der Waals surface area contributed by atoms with E-state index in [0.29, 0.717) is 37.6 Å². The van der Waals surface area contributed by atoms with Crippen molar-refractivity contribution in [1.29, 1.82) is 0 Å². The fourth-order valence-electron chi connectivity index (χ4n) is 3.24. The fraction of sp³-hybridized carbons (Fsp3) is 0.750.